The first-order valence-corrected chi connectivity index (χ1v) is 11.7. The predicted molar refractivity (Wildman–Crippen MR) is 122 cm³/mol. The molecule has 3 N–H and O–H groups in total. The number of nitrogens with one attached hydrogen (secondary N) is 1. The summed E-state index contributed by atoms with van der Waals surface area (Å²) in [5.41, 5.74) is 4.79. The van der Waals surface area contributed by atoms with Gasteiger partial charge in [-0.25, -0.2) is 12.8 Å². The van der Waals surface area contributed by atoms with E-state index in [9.17, 15) is 22.4 Å². The molecule has 0 aliphatic heterocycles. The number of anilines is 2. The van der Waals surface area contributed by atoms with Crippen LogP contribution in [0.15, 0.2) is 58.2 Å². The lowest BCUT2D eigenvalue weighted by Crippen LogP contribution is -2.25. The molecule has 1 amide bonds. The first-order valence-electron chi connectivity index (χ1n) is 8.71. The molecule has 0 fully saturated rings. The van der Waals surface area contributed by atoms with Gasteiger partial charge in [0.15, 0.2) is 9.84 Å². The molecule has 0 radical (unpaired) electrons. The monoisotopic (exact) mass is 557 g/mol. The summed E-state index contributed by atoms with van der Waals surface area (Å²) < 4.78 is 45.3. The van der Waals surface area contributed by atoms with Gasteiger partial charge in [-0.15, -0.1) is 0 Å². The van der Waals surface area contributed by atoms with Gasteiger partial charge in [0.1, 0.15) is 28.7 Å². The maximum atomic E-state index is 14.3. The third-order valence-electron chi connectivity index (χ3n) is 4.30. The van der Waals surface area contributed by atoms with Crippen LogP contribution in [0.5, 0.6) is 11.5 Å². The molecule has 1 heterocycles. The lowest BCUT2D eigenvalue weighted by Gasteiger charge is -2.18. The largest absolute Gasteiger partial charge is 0.456 e. The van der Waals surface area contributed by atoms with Gasteiger partial charge in [0, 0.05) is 22.9 Å². The van der Waals surface area contributed by atoms with Crippen LogP contribution < -0.4 is 21.3 Å². The third-order valence-corrected chi connectivity index (χ3v) is 6.08. The van der Waals surface area contributed by atoms with E-state index in [0.29, 0.717) is 3.57 Å². The van der Waals surface area contributed by atoms with E-state index in [1.165, 1.54) is 43.4 Å². The van der Waals surface area contributed by atoms with E-state index >= 15 is 0 Å². The molecular formula is C20H17FIN3O5S. The lowest BCUT2D eigenvalue weighted by atomic mass is 10.2. The molecular weight excluding hydrogens is 540 g/mol. The first kappa shape index (κ1) is 22.7. The fourth-order valence-corrected chi connectivity index (χ4v) is 3.86. The van der Waals surface area contributed by atoms with Crippen LogP contribution in [0.25, 0.3) is 0 Å². The van der Waals surface area contributed by atoms with Crippen LogP contribution >= 0.6 is 22.6 Å². The second kappa shape index (κ2) is 8.67. The van der Waals surface area contributed by atoms with Gasteiger partial charge in [0.2, 0.25) is 0 Å². The van der Waals surface area contributed by atoms with E-state index in [2.05, 4.69) is 5.32 Å². The maximum absolute atomic E-state index is 14.3. The van der Waals surface area contributed by atoms with Gasteiger partial charge in [-0.1, -0.05) is 6.07 Å². The van der Waals surface area contributed by atoms with E-state index in [0.717, 1.165) is 16.9 Å². The molecule has 0 saturated carbocycles. The van der Waals surface area contributed by atoms with Crippen LogP contribution in [-0.2, 0) is 16.9 Å². The van der Waals surface area contributed by atoms with Crippen LogP contribution in [0.1, 0.15) is 10.4 Å². The standard InChI is InChI=1S/C20H17FIN3O5S/c1-25-17(26)10-16(30-12-4-3-5-13(9-12)31(2,28)29)18(19(23)27)20(25)24-15-7-6-11(22)8-14(15)21/h3-10,24H,1-2H3,(H2,23,27). The molecule has 0 aliphatic carbocycles. The second-order valence-electron chi connectivity index (χ2n) is 6.59. The Kier molecular flexibility index (Phi) is 6.36. The van der Waals surface area contributed by atoms with Crippen LogP contribution in [0.4, 0.5) is 15.9 Å². The van der Waals surface area contributed by atoms with E-state index in [1.807, 2.05) is 22.6 Å². The number of hydrogen-bond acceptors (Lipinski definition) is 6. The van der Waals surface area contributed by atoms with E-state index < -0.39 is 27.1 Å². The van der Waals surface area contributed by atoms with Crippen molar-refractivity contribution in [2.75, 3.05) is 11.6 Å². The minimum atomic E-state index is -3.51. The van der Waals surface area contributed by atoms with Crippen LogP contribution in [0.2, 0.25) is 0 Å². The van der Waals surface area contributed by atoms with Gasteiger partial charge in [0.25, 0.3) is 11.5 Å². The molecule has 2 aromatic carbocycles. The fourth-order valence-electron chi connectivity index (χ4n) is 2.75. The Labute approximate surface area is 190 Å². The topological polar surface area (TPSA) is 120 Å². The number of rotatable bonds is 6. The Morgan fingerprint density at radius 3 is 2.52 bits per heavy atom. The summed E-state index contributed by atoms with van der Waals surface area (Å²) in [4.78, 5) is 24.7. The molecule has 0 spiro atoms. The van der Waals surface area contributed by atoms with Crippen LogP contribution in [0.3, 0.4) is 0 Å². The predicted octanol–water partition coefficient (Wildman–Crippen LogP) is 3.17. The number of pyridine rings is 1. The number of carbonyl (C=O) groups is 1. The minimum absolute atomic E-state index is 0.00577. The minimum Gasteiger partial charge on any atom is -0.456 e. The van der Waals surface area contributed by atoms with E-state index in [1.54, 1.807) is 6.07 Å². The number of hydrogen-bond donors (Lipinski definition) is 2. The zero-order chi connectivity index (χ0) is 22.9. The summed E-state index contributed by atoms with van der Waals surface area (Å²) in [5, 5.41) is 2.73. The quantitative estimate of drug-likeness (QED) is 0.450. The first-order chi connectivity index (χ1) is 14.5. The third kappa shape index (κ3) is 5.05. The maximum Gasteiger partial charge on any atom is 0.256 e. The summed E-state index contributed by atoms with van der Waals surface area (Å²) >= 11 is 1.95. The van der Waals surface area contributed by atoms with Crippen molar-refractivity contribution in [1.29, 1.82) is 0 Å². The van der Waals surface area contributed by atoms with Crippen molar-refractivity contribution < 1.29 is 22.3 Å². The molecule has 0 unspecified atom stereocenters. The molecule has 8 nitrogen and oxygen atoms in total. The number of nitrogens with zero attached hydrogens (tertiary/aromatic N) is 1. The molecule has 0 aliphatic rings. The number of sulfone groups is 1. The van der Waals surface area contributed by atoms with E-state index in [-0.39, 0.29) is 33.5 Å². The van der Waals surface area contributed by atoms with Crippen molar-refractivity contribution in [3.8, 4) is 11.5 Å². The summed E-state index contributed by atoms with van der Waals surface area (Å²) in [5.74, 6) is -1.73. The molecule has 0 saturated heterocycles. The summed E-state index contributed by atoms with van der Waals surface area (Å²) in [7, 11) is -2.12. The van der Waals surface area contributed by atoms with E-state index in [4.69, 9.17) is 10.5 Å². The Balaban J connectivity index is 2.14. The van der Waals surface area contributed by atoms with Gasteiger partial charge >= 0.3 is 0 Å². The van der Waals surface area contributed by atoms with Gasteiger partial charge in [-0.05, 0) is 59.0 Å². The second-order valence-corrected chi connectivity index (χ2v) is 9.85. The van der Waals surface area contributed by atoms with Crippen LogP contribution in [-0.4, -0.2) is 25.1 Å². The molecule has 1 aromatic heterocycles. The SMILES string of the molecule is Cn1c(Nc2ccc(I)cc2F)c(C(N)=O)c(Oc2cccc(S(C)(=O)=O)c2)cc1=O. The van der Waals surface area contributed by atoms with Gasteiger partial charge in [-0.2, -0.15) is 0 Å². The van der Waals surface area contributed by atoms with Crippen molar-refractivity contribution in [2.24, 2.45) is 12.8 Å². The molecule has 3 aromatic rings. The summed E-state index contributed by atoms with van der Waals surface area (Å²) in [6.45, 7) is 0. The number of carbonyl (C=O) groups excluding carboxylic acids is 1. The van der Waals surface area contributed by atoms with Crippen molar-refractivity contribution in [3.05, 3.63) is 73.8 Å². The Bertz CT molecular complexity index is 1360. The molecule has 0 bridgehead atoms. The van der Waals surface area contributed by atoms with Crippen molar-refractivity contribution in [2.45, 2.75) is 4.90 Å². The molecule has 0 atom stereocenters. The van der Waals surface area contributed by atoms with Crippen molar-refractivity contribution in [1.82, 2.24) is 4.57 Å². The Hall–Kier alpha value is -2.93. The fraction of sp³-hybridized carbons (Fsp3) is 0.100. The molecule has 162 valence electrons. The number of aromatic nitrogens is 1. The summed E-state index contributed by atoms with van der Waals surface area (Å²) in [6.07, 6.45) is 1.04. The van der Waals surface area contributed by atoms with Crippen LogP contribution in [0, 0.1) is 9.39 Å². The lowest BCUT2D eigenvalue weighted by molar-refractivity contribution is 0.0998. The smallest absolute Gasteiger partial charge is 0.256 e. The van der Waals surface area contributed by atoms with Gasteiger partial charge in [-0.3, -0.25) is 14.2 Å². The van der Waals surface area contributed by atoms with Crippen molar-refractivity contribution in [3.63, 3.8) is 0 Å². The Morgan fingerprint density at radius 1 is 1.19 bits per heavy atom. The van der Waals surface area contributed by atoms with Gasteiger partial charge < -0.3 is 15.8 Å². The molecule has 31 heavy (non-hydrogen) atoms. The number of ether oxygens (including phenoxy) is 1. The Morgan fingerprint density at radius 2 is 1.90 bits per heavy atom. The normalized spacial score (nSPS) is 11.2. The number of primary amides is 1. The zero-order valence-electron chi connectivity index (χ0n) is 16.3. The zero-order valence-corrected chi connectivity index (χ0v) is 19.3. The molecule has 11 heteroatoms. The average Bonchev–Trinajstić information content (AvgIpc) is 2.67. The van der Waals surface area contributed by atoms with Gasteiger partial charge in [0.05, 0.1) is 10.6 Å². The highest BCUT2D eigenvalue weighted by Crippen LogP contribution is 2.32. The number of halogens is 2. The molecule has 3 rings (SSSR count). The highest BCUT2D eigenvalue weighted by molar-refractivity contribution is 14.1. The average molecular weight is 557 g/mol. The summed E-state index contributed by atoms with van der Waals surface area (Å²) in [6, 6.07) is 11.0. The van der Waals surface area contributed by atoms with Crippen molar-refractivity contribution >= 4 is 49.8 Å². The number of amides is 1. The number of nitrogens with two attached hydrogens (primary N) is 1. The highest BCUT2D eigenvalue weighted by Gasteiger charge is 2.22. The number of benzene rings is 2. The highest BCUT2D eigenvalue weighted by atomic mass is 127.